The number of anilines is 2. The summed E-state index contributed by atoms with van der Waals surface area (Å²) >= 11 is 0.657. The summed E-state index contributed by atoms with van der Waals surface area (Å²) in [5.41, 5.74) is 11.3. The van der Waals surface area contributed by atoms with E-state index in [1.165, 1.54) is 37.4 Å². The molecule has 1 heterocycles. The van der Waals surface area contributed by atoms with Crippen molar-refractivity contribution in [1.29, 1.82) is 0 Å². The molecule has 0 radical (unpaired) electrons. The van der Waals surface area contributed by atoms with Gasteiger partial charge in [0.25, 0.3) is 11.8 Å². The molecule has 1 atom stereocenters. The first-order valence-electron chi connectivity index (χ1n) is 11.3. The fourth-order valence-corrected chi connectivity index (χ4v) is 4.33. The number of hydrogen-bond donors (Lipinski definition) is 4. The van der Waals surface area contributed by atoms with Crippen LogP contribution in [0.25, 0.3) is 0 Å². The number of hydrogen-bond acceptors (Lipinski definition) is 8. The molecule has 196 valence electrons. The monoisotopic (exact) mass is 529 g/mol. The predicted octanol–water partition coefficient (Wildman–Crippen LogP) is 3.23. The second-order valence-electron chi connectivity index (χ2n) is 8.60. The predicted molar refractivity (Wildman–Crippen MR) is 138 cm³/mol. The number of phenols is 1. The molecule has 37 heavy (non-hydrogen) atoms. The molecule has 10 nitrogen and oxygen atoms in total. The van der Waals surface area contributed by atoms with Crippen molar-refractivity contribution in [2.75, 3.05) is 24.3 Å². The molecule has 0 fully saturated rings. The van der Waals surface area contributed by atoms with Gasteiger partial charge in [-0.05, 0) is 65.8 Å². The summed E-state index contributed by atoms with van der Waals surface area (Å²) in [7, 11) is 1.35. The molecule has 0 bridgehead atoms. The highest BCUT2D eigenvalue weighted by atomic mass is 32.1. The minimum Gasteiger partial charge on any atom is -0.504 e. The first kappa shape index (κ1) is 27.4. The van der Waals surface area contributed by atoms with Crippen molar-refractivity contribution in [1.82, 2.24) is 9.69 Å². The second kappa shape index (κ2) is 11.7. The Kier molecular flexibility index (Phi) is 8.66. The number of nitrogens with two attached hydrogens (primary N) is 2. The van der Waals surface area contributed by atoms with Gasteiger partial charge in [0.1, 0.15) is 16.7 Å². The van der Waals surface area contributed by atoms with Gasteiger partial charge in [-0.1, -0.05) is 19.9 Å². The minimum atomic E-state index is -1.29. The Morgan fingerprint density at radius 2 is 1.86 bits per heavy atom. The van der Waals surface area contributed by atoms with Crippen molar-refractivity contribution in [3.8, 4) is 11.5 Å². The van der Waals surface area contributed by atoms with Gasteiger partial charge in [-0.15, -0.1) is 0 Å². The molecule has 1 aromatic heterocycles. The first-order chi connectivity index (χ1) is 17.5. The molecular formula is C25H28FN5O5S. The standard InChI is InChI=1S/C25H28FN5O5S/c1-13(2)10-11-29-24(34)21(14-4-9-17(32)18(12-14)36-3)31(16-7-5-15(26)6-8-16)25(35)22-19(27)20(23(28)33)30-37-22/h4-9,12-13,21,32H,10-11,27H2,1-3H3,(H2,28,33)(H,29,34)/t21-/m0/s1. The zero-order valence-corrected chi connectivity index (χ0v) is 21.3. The summed E-state index contributed by atoms with van der Waals surface area (Å²) < 4.78 is 22.9. The molecule has 0 spiro atoms. The largest absolute Gasteiger partial charge is 0.504 e. The van der Waals surface area contributed by atoms with E-state index in [-0.39, 0.29) is 33.4 Å². The summed E-state index contributed by atoms with van der Waals surface area (Å²) in [4.78, 5) is 40.2. The van der Waals surface area contributed by atoms with Gasteiger partial charge >= 0.3 is 0 Å². The number of rotatable bonds is 10. The van der Waals surface area contributed by atoms with Crippen LogP contribution in [0.15, 0.2) is 42.5 Å². The normalized spacial score (nSPS) is 11.7. The highest BCUT2D eigenvalue weighted by Gasteiger charge is 2.36. The van der Waals surface area contributed by atoms with E-state index < -0.39 is 29.6 Å². The lowest BCUT2D eigenvalue weighted by atomic mass is 10.0. The molecule has 6 N–H and O–H groups in total. The van der Waals surface area contributed by atoms with Gasteiger partial charge in [-0.2, -0.15) is 4.37 Å². The van der Waals surface area contributed by atoms with Crippen LogP contribution < -0.4 is 26.4 Å². The molecule has 0 saturated heterocycles. The molecule has 0 aliphatic heterocycles. The van der Waals surface area contributed by atoms with Crippen molar-refractivity contribution in [3.05, 3.63) is 64.4 Å². The number of phenolic OH excluding ortho intramolecular Hbond substituents is 1. The van der Waals surface area contributed by atoms with Gasteiger partial charge in [0.15, 0.2) is 17.2 Å². The smallest absolute Gasteiger partial charge is 0.273 e. The summed E-state index contributed by atoms with van der Waals surface area (Å²) in [6.45, 7) is 4.35. The molecular weight excluding hydrogens is 501 g/mol. The lowest BCUT2D eigenvalue weighted by Gasteiger charge is -2.31. The maximum atomic E-state index is 13.9. The van der Waals surface area contributed by atoms with Gasteiger partial charge in [0, 0.05) is 12.2 Å². The molecule has 0 saturated carbocycles. The van der Waals surface area contributed by atoms with Crippen molar-refractivity contribution in [3.63, 3.8) is 0 Å². The number of nitrogens with zero attached hydrogens (tertiary/aromatic N) is 2. The molecule has 3 amide bonds. The van der Waals surface area contributed by atoms with Crippen molar-refractivity contribution >= 4 is 40.6 Å². The first-order valence-corrected chi connectivity index (χ1v) is 12.1. The third kappa shape index (κ3) is 6.15. The SMILES string of the molecule is COc1cc([C@@H](C(=O)NCCC(C)C)N(C(=O)c2snc(C(N)=O)c2N)c2ccc(F)cc2)ccc1O. The topological polar surface area (TPSA) is 161 Å². The fraction of sp³-hybridized carbons (Fsp3) is 0.280. The summed E-state index contributed by atoms with van der Waals surface area (Å²) in [5.74, 6) is -2.53. The molecule has 0 aliphatic carbocycles. The van der Waals surface area contributed by atoms with E-state index in [0.717, 1.165) is 17.0 Å². The van der Waals surface area contributed by atoms with Crippen molar-refractivity contribution < 1.29 is 28.6 Å². The van der Waals surface area contributed by atoms with Gasteiger partial charge in [0.05, 0.1) is 12.8 Å². The second-order valence-corrected chi connectivity index (χ2v) is 9.37. The lowest BCUT2D eigenvalue weighted by molar-refractivity contribution is -0.122. The Morgan fingerprint density at radius 3 is 2.43 bits per heavy atom. The van der Waals surface area contributed by atoms with E-state index in [2.05, 4.69) is 9.69 Å². The number of nitrogens with one attached hydrogen (secondary N) is 1. The van der Waals surface area contributed by atoms with Gasteiger partial charge in [0.2, 0.25) is 5.91 Å². The average Bonchev–Trinajstić information content (AvgIpc) is 3.24. The van der Waals surface area contributed by atoms with Crippen LogP contribution in [0.5, 0.6) is 11.5 Å². The van der Waals surface area contributed by atoms with Crippen LogP contribution in [0.4, 0.5) is 15.8 Å². The van der Waals surface area contributed by atoms with E-state index in [1.807, 2.05) is 13.8 Å². The number of ether oxygens (including phenoxy) is 1. The maximum Gasteiger partial charge on any atom is 0.273 e. The van der Waals surface area contributed by atoms with Gasteiger partial charge in [-0.3, -0.25) is 19.3 Å². The summed E-state index contributed by atoms with van der Waals surface area (Å²) in [6.07, 6.45) is 0.686. The molecule has 3 rings (SSSR count). The van der Waals surface area contributed by atoms with Gasteiger partial charge < -0.3 is 26.6 Å². The number of aromatic nitrogens is 1. The Balaban J connectivity index is 2.20. The fourth-order valence-electron chi connectivity index (χ4n) is 3.59. The van der Waals surface area contributed by atoms with Crippen LogP contribution in [0.2, 0.25) is 0 Å². The summed E-state index contributed by atoms with van der Waals surface area (Å²) in [5, 5.41) is 13.0. The van der Waals surface area contributed by atoms with Crippen LogP contribution >= 0.6 is 11.5 Å². The van der Waals surface area contributed by atoms with E-state index in [9.17, 15) is 23.9 Å². The van der Waals surface area contributed by atoms with E-state index >= 15 is 0 Å². The number of benzene rings is 2. The number of carbonyl (C=O) groups is 3. The molecule has 0 aliphatic rings. The number of primary amides is 1. The Labute approximate surface area is 217 Å². The number of amides is 3. The van der Waals surface area contributed by atoms with Crippen LogP contribution in [0, 0.1) is 11.7 Å². The Morgan fingerprint density at radius 1 is 1.19 bits per heavy atom. The summed E-state index contributed by atoms with van der Waals surface area (Å²) in [6, 6.07) is 7.91. The molecule has 12 heteroatoms. The number of aromatic hydroxyl groups is 1. The molecule has 0 unspecified atom stereocenters. The van der Waals surface area contributed by atoms with Gasteiger partial charge in [-0.25, -0.2) is 4.39 Å². The van der Waals surface area contributed by atoms with Crippen molar-refractivity contribution in [2.45, 2.75) is 26.3 Å². The van der Waals surface area contributed by atoms with E-state index in [4.69, 9.17) is 16.2 Å². The minimum absolute atomic E-state index is 0.0808. The maximum absolute atomic E-state index is 13.9. The quantitative estimate of drug-likeness (QED) is 0.313. The lowest BCUT2D eigenvalue weighted by Crippen LogP contribution is -2.44. The highest BCUT2D eigenvalue weighted by molar-refractivity contribution is 7.09. The zero-order chi connectivity index (χ0) is 27.3. The Hall–Kier alpha value is -4.19. The van der Waals surface area contributed by atoms with Crippen molar-refractivity contribution in [2.24, 2.45) is 11.7 Å². The number of carbonyl (C=O) groups excluding carboxylic acids is 3. The Bertz CT molecular complexity index is 1300. The molecule has 3 aromatic rings. The van der Waals surface area contributed by atoms with E-state index in [1.54, 1.807) is 0 Å². The van der Waals surface area contributed by atoms with E-state index in [0.29, 0.717) is 36.0 Å². The van der Waals surface area contributed by atoms with Crippen LogP contribution in [-0.4, -0.2) is 40.9 Å². The number of methoxy groups -OCH3 is 1. The average molecular weight is 530 g/mol. The third-order valence-electron chi connectivity index (χ3n) is 5.53. The van der Waals surface area contributed by atoms with Crippen LogP contribution in [0.3, 0.4) is 0 Å². The number of nitrogen functional groups attached to an aromatic ring is 1. The van der Waals surface area contributed by atoms with Crippen LogP contribution in [-0.2, 0) is 4.79 Å². The molecule has 2 aromatic carbocycles. The van der Waals surface area contributed by atoms with Crippen LogP contribution in [0.1, 0.15) is 52.0 Å². The highest BCUT2D eigenvalue weighted by Crippen LogP contribution is 2.36. The third-order valence-corrected chi connectivity index (χ3v) is 6.38. The zero-order valence-electron chi connectivity index (χ0n) is 20.5. The number of halogens is 1.